The molecule has 0 saturated carbocycles. The molecule has 17 heavy (non-hydrogen) atoms. The van der Waals surface area contributed by atoms with Gasteiger partial charge in [0.25, 0.3) is 0 Å². The normalized spacial score (nSPS) is 10.5. The van der Waals surface area contributed by atoms with Gasteiger partial charge in [-0.3, -0.25) is 4.79 Å². The maximum absolute atomic E-state index is 12.4. The van der Waals surface area contributed by atoms with Gasteiger partial charge >= 0.3 is 0 Å². The van der Waals surface area contributed by atoms with Crippen LogP contribution in [0.25, 0.3) is 0 Å². The maximum atomic E-state index is 12.4. The molecule has 88 valence electrons. The number of hydrogen-bond donors (Lipinski definition) is 0. The zero-order valence-electron chi connectivity index (χ0n) is 10.4. The number of aryl methyl sites for hydroxylation is 2. The molecule has 0 bridgehead atoms. The van der Waals surface area contributed by atoms with E-state index in [0.29, 0.717) is 5.82 Å². The molecule has 1 heterocycles. The summed E-state index contributed by atoms with van der Waals surface area (Å²) in [5, 5.41) is 0. The summed E-state index contributed by atoms with van der Waals surface area (Å²) in [6, 6.07) is 5.78. The smallest absolute Gasteiger partial charge is 0.228 e. The highest BCUT2D eigenvalue weighted by atomic mass is 16.1. The van der Waals surface area contributed by atoms with Gasteiger partial charge in [0.2, 0.25) is 5.78 Å². The van der Waals surface area contributed by atoms with Crippen LogP contribution in [0.4, 0.5) is 0 Å². The molecule has 0 aliphatic carbocycles. The Hall–Kier alpha value is -1.90. The summed E-state index contributed by atoms with van der Waals surface area (Å²) in [4.78, 5) is 16.5. The summed E-state index contributed by atoms with van der Waals surface area (Å²) in [5.74, 6) is 0.513. The Bertz CT molecular complexity index is 555. The number of nitrogens with zero attached hydrogens (tertiary/aromatic N) is 2. The van der Waals surface area contributed by atoms with Crippen LogP contribution < -0.4 is 0 Å². The largest absolute Gasteiger partial charge is 0.328 e. The Morgan fingerprint density at radius 2 is 2.12 bits per heavy atom. The van der Waals surface area contributed by atoms with Crippen molar-refractivity contribution in [3.8, 4) is 0 Å². The number of imidazole rings is 1. The van der Waals surface area contributed by atoms with Gasteiger partial charge in [0.1, 0.15) is 0 Å². The van der Waals surface area contributed by atoms with E-state index >= 15 is 0 Å². The molecule has 0 radical (unpaired) electrons. The average Bonchev–Trinajstić information content (AvgIpc) is 2.80. The van der Waals surface area contributed by atoms with E-state index in [0.717, 1.165) is 23.2 Å². The second-order valence-corrected chi connectivity index (χ2v) is 4.11. The fourth-order valence-electron chi connectivity index (χ4n) is 1.89. The van der Waals surface area contributed by atoms with Crippen LogP contribution in [0.5, 0.6) is 0 Å². The van der Waals surface area contributed by atoms with Gasteiger partial charge in [-0.2, -0.15) is 0 Å². The van der Waals surface area contributed by atoms with Gasteiger partial charge < -0.3 is 4.57 Å². The van der Waals surface area contributed by atoms with E-state index in [2.05, 4.69) is 4.98 Å². The van der Waals surface area contributed by atoms with Crippen molar-refractivity contribution in [1.29, 1.82) is 0 Å². The van der Waals surface area contributed by atoms with Crippen molar-refractivity contribution in [2.24, 2.45) is 0 Å². The second kappa shape index (κ2) is 4.53. The number of benzene rings is 1. The molecule has 2 aromatic rings. The number of rotatable bonds is 3. The molecular weight excluding hydrogens is 212 g/mol. The summed E-state index contributed by atoms with van der Waals surface area (Å²) < 4.78 is 1.87. The minimum absolute atomic E-state index is 0.00181. The van der Waals surface area contributed by atoms with Crippen LogP contribution >= 0.6 is 0 Å². The number of ketones is 1. The quantitative estimate of drug-likeness (QED) is 0.757. The van der Waals surface area contributed by atoms with Gasteiger partial charge in [-0.15, -0.1) is 0 Å². The first-order valence-corrected chi connectivity index (χ1v) is 5.77. The molecule has 0 spiro atoms. The van der Waals surface area contributed by atoms with E-state index in [-0.39, 0.29) is 5.78 Å². The molecule has 0 fully saturated rings. The summed E-state index contributed by atoms with van der Waals surface area (Å²) >= 11 is 0. The number of carbonyl (C=O) groups is 1. The summed E-state index contributed by atoms with van der Waals surface area (Å²) in [6.45, 7) is 6.74. The van der Waals surface area contributed by atoms with Crippen LogP contribution in [0.15, 0.2) is 30.6 Å². The van der Waals surface area contributed by atoms with E-state index in [1.165, 1.54) is 0 Å². The van der Waals surface area contributed by atoms with Crippen molar-refractivity contribution in [3.63, 3.8) is 0 Å². The first kappa shape index (κ1) is 11.6. The highest BCUT2D eigenvalue weighted by Crippen LogP contribution is 2.16. The van der Waals surface area contributed by atoms with E-state index in [4.69, 9.17) is 0 Å². The molecule has 1 aromatic heterocycles. The molecule has 0 aliphatic heterocycles. The molecule has 0 atom stereocenters. The third-order valence-electron chi connectivity index (χ3n) is 3.11. The molecule has 1 aromatic carbocycles. The van der Waals surface area contributed by atoms with Crippen LogP contribution in [-0.4, -0.2) is 15.3 Å². The Kier molecular flexibility index (Phi) is 3.09. The van der Waals surface area contributed by atoms with Crippen LogP contribution in [-0.2, 0) is 6.54 Å². The lowest BCUT2D eigenvalue weighted by molar-refractivity contribution is 0.102. The molecule has 3 heteroatoms. The second-order valence-electron chi connectivity index (χ2n) is 4.11. The van der Waals surface area contributed by atoms with E-state index in [1.807, 2.05) is 49.7 Å². The van der Waals surface area contributed by atoms with Gasteiger partial charge in [0.15, 0.2) is 5.82 Å². The van der Waals surface area contributed by atoms with Crippen molar-refractivity contribution in [3.05, 3.63) is 53.1 Å². The Labute approximate surface area is 101 Å². The van der Waals surface area contributed by atoms with Crippen molar-refractivity contribution >= 4 is 5.78 Å². The fraction of sp³-hybridized carbons (Fsp3) is 0.286. The predicted molar refractivity (Wildman–Crippen MR) is 67.2 cm³/mol. The third-order valence-corrected chi connectivity index (χ3v) is 3.11. The van der Waals surface area contributed by atoms with E-state index in [1.54, 1.807) is 6.20 Å². The van der Waals surface area contributed by atoms with E-state index in [9.17, 15) is 4.79 Å². The molecule has 2 rings (SSSR count). The van der Waals surface area contributed by atoms with Gasteiger partial charge in [0, 0.05) is 24.5 Å². The summed E-state index contributed by atoms with van der Waals surface area (Å²) in [7, 11) is 0. The topological polar surface area (TPSA) is 34.9 Å². The number of hydrogen-bond acceptors (Lipinski definition) is 2. The third kappa shape index (κ3) is 2.00. The van der Waals surface area contributed by atoms with Crippen molar-refractivity contribution in [2.45, 2.75) is 27.3 Å². The average molecular weight is 228 g/mol. The van der Waals surface area contributed by atoms with Crippen LogP contribution in [0.2, 0.25) is 0 Å². The van der Waals surface area contributed by atoms with Crippen LogP contribution in [0, 0.1) is 13.8 Å². The number of aromatic nitrogens is 2. The Balaban J connectivity index is 2.48. The summed E-state index contributed by atoms with van der Waals surface area (Å²) in [5.41, 5.74) is 2.90. The minimum atomic E-state index is -0.00181. The van der Waals surface area contributed by atoms with Gasteiger partial charge in [-0.1, -0.05) is 18.2 Å². The first-order valence-electron chi connectivity index (χ1n) is 5.77. The molecular formula is C14H16N2O. The minimum Gasteiger partial charge on any atom is -0.328 e. The monoisotopic (exact) mass is 228 g/mol. The zero-order valence-corrected chi connectivity index (χ0v) is 10.4. The molecule has 0 unspecified atom stereocenters. The molecule has 0 amide bonds. The van der Waals surface area contributed by atoms with Crippen molar-refractivity contribution in [1.82, 2.24) is 9.55 Å². The molecule has 0 N–H and O–H groups in total. The Morgan fingerprint density at radius 1 is 1.35 bits per heavy atom. The SMILES string of the molecule is CCn1ccnc1C(=O)c1cccc(C)c1C. The highest BCUT2D eigenvalue weighted by Gasteiger charge is 2.16. The fourth-order valence-corrected chi connectivity index (χ4v) is 1.89. The standard InChI is InChI=1S/C14H16N2O/c1-4-16-9-8-15-14(16)13(17)12-7-5-6-10(2)11(12)3/h5-9H,4H2,1-3H3. The first-order chi connectivity index (χ1) is 8.15. The van der Waals surface area contributed by atoms with Gasteiger partial charge in [0.05, 0.1) is 0 Å². The predicted octanol–water partition coefficient (Wildman–Crippen LogP) is 2.75. The highest BCUT2D eigenvalue weighted by molar-refractivity contribution is 6.07. The lowest BCUT2D eigenvalue weighted by Crippen LogP contribution is -2.12. The van der Waals surface area contributed by atoms with Crippen LogP contribution in [0.1, 0.15) is 34.2 Å². The summed E-state index contributed by atoms with van der Waals surface area (Å²) in [6.07, 6.45) is 3.50. The zero-order chi connectivity index (χ0) is 12.4. The molecule has 0 saturated heterocycles. The van der Waals surface area contributed by atoms with E-state index < -0.39 is 0 Å². The number of carbonyl (C=O) groups excluding carboxylic acids is 1. The lowest BCUT2D eigenvalue weighted by Gasteiger charge is -2.08. The maximum Gasteiger partial charge on any atom is 0.228 e. The van der Waals surface area contributed by atoms with Gasteiger partial charge in [-0.25, -0.2) is 4.98 Å². The lowest BCUT2D eigenvalue weighted by atomic mass is 10.00. The van der Waals surface area contributed by atoms with Crippen molar-refractivity contribution in [2.75, 3.05) is 0 Å². The van der Waals surface area contributed by atoms with Gasteiger partial charge in [-0.05, 0) is 31.9 Å². The van der Waals surface area contributed by atoms with Crippen molar-refractivity contribution < 1.29 is 4.79 Å². The molecule has 3 nitrogen and oxygen atoms in total. The van der Waals surface area contributed by atoms with Crippen LogP contribution in [0.3, 0.4) is 0 Å². The Morgan fingerprint density at radius 3 is 2.82 bits per heavy atom. The molecule has 0 aliphatic rings.